The number of hydroxylamine groups is 2. The minimum absolute atomic E-state index is 0.0354. The van der Waals surface area contributed by atoms with Gasteiger partial charge in [0.25, 0.3) is 0 Å². The van der Waals surface area contributed by atoms with Crippen LogP contribution in [0.25, 0.3) is 0 Å². The van der Waals surface area contributed by atoms with Crippen molar-refractivity contribution in [3.63, 3.8) is 0 Å². The first-order valence-corrected chi connectivity index (χ1v) is 11.1. The molecule has 0 aromatic rings. The van der Waals surface area contributed by atoms with Crippen LogP contribution in [0.1, 0.15) is 34.6 Å². The SMILES string of the molecule is CC(=O)NC[C@@H]1C(C)=C[C@@H]2CN1C(=O)N2O[Si](C)(C)C(C)(C)C. The van der Waals surface area contributed by atoms with Crippen molar-refractivity contribution in [3.05, 3.63) is 11.6 Å². The molecule has 0 saturated carbocycles. The van der Waals surface area contributed by atoms with Crippen molar-refractivity contribution in [1.82, 2.24) is 15.3 Å². The van der Waals surface area contributed by atoms with E-state index in [0.29, 0.717) is 13.1 Å². The zero-order chi connectivity index (χ0) is 17.6. The van der Waals surface area contributed by atoms with Gasteiger partial charge in [-0.1, -0.05) is 32.4 Å². The standard InChI is InChI=1S/C16H29N3O3Si/c1-11-8-13-10-18(14(11)9-17-12(2)20)15(21)19(13)22-23(6,7)16(3,4)5/h8,13-14H,9-10H2,1-7H3,(H,17,20)/t13-,14-/m1/s1. The first-order chi connectivity index (χ1) is 10.4. The van der Waals surface area contributed by atoms with Crippen LogP contribution in [0.4, 0.5) is 4.79 Å². The molecule has 0 unspecified atom stereocenters. The molecule has 1 N–H and O–H groups in total. The van der Waals surface area contributed by atoms with Gasteiger partial charge in [0, 0.05) is 20.0 Å². The Kier molecular flexibility index (Phi) is 4.65. The number of fused-ring (bicyclic) bond motifs is 2. The molecule has 2 bridgehead atoms. The number of nitrogens with zero attached hydrogens (tertiary/aromatic N) is 2. The zero-order valence-corrected chi connectivity index (χ0v) is 16.3. The first kappa shape index (κ1) is 18.0. The second-order valence-corrected chi connectivity index (χ2v) is 12.7. The molecule has 0 aliphatic carbocycles. The van der Waals surface area contributed by atoms with Crippen LogP contribution < -0.4 is 5.32 Å². The van der Waals surface area contributed by atoms with Crippen molar-refractivity contribution in [2.75, 3.05) is 13.1 Å². The molecule has 130 valence electrons. The average Bonchev–Trinajstić information content (AvgIpc) is 2.62. The third-order valence-corrected chi connectivity index (χ3v) is 9.42. The van der Waals surface area contributed by atoms with Gasteiger partial charge in [0.05, 0.1) is 12.1 Å². The highest BCUT2D eigenvalue weighted by atomic mass is 28.4. The Morgan fingerprint density at radius 1 is 1.43 bits per heavy atom. The third-order valence-electron chi connectivity index (χ3n) is 5.15. The fourth-order valence-corrected chi connectivity index (χ4v) is 3.64. The van der Waals surface area contributed by atoms with Gasteiger partial charge in [-0.25, -0.2) is 9.86 Å². The maximum atomic E-state index is 12.8. The van der Waals surface area contributed by atoms with E-state index in [1.165, 1.54) is 6.92 Å². The number of hydrogen-bond donors (Lipinski definition) is 1. The van der Waals surface area contributed by atoms with Crippen molar-refractivity contribution < 1.29 is 14.1 Å². The third kappa shape index (κ3) is 3.45. The molecular weight excluding hydrogens is 310 g/mol. The Morgan fingerprint density at radius 3 is 2.57 bits per heavy atom. The predicted molar refractivity (Wildman–Crippen MR) is 92.2 cm³/mol. The summed E-state index contributed by atoms with van der Waals surface area (Å²) in [6, 6.07) is -0.218. The Bertz CT molecular complexity index is 539. The quantitative estimate of drug-likeness (QED) is 0.632. The van der Waals surface area contributed by atoms with E-state index in [-0.39, 0.29) is 29.1 Å². The molecule has 2 atom stereocenters. The van der Waals surface area contributed by atoms with E-state index >= 15 is 0 Å². The van der Waals surface area contributed by atoms with Crippen molar-refractivity contribution >= 4 is 20.3 Å². The topological polar surface area (TPSA) is 61.9 Å². The van der Waals surface area contributed by atoms with Crippen LogP contribution in [0.5, 0.6) is 0 Å². The van der Waals surface area contributed by atoms with Crippen LogP contribution in [0.2, 0.25) is 18.1 Å². The van der Waals surface area contributed by atoms with E-state index < -0.39 is 8.32 Å². The number of amides is 3. The highest BCUT2D eigenvalue weighted by molar-refractivity contribution is 6.74. The van der Waals surface area contributed by atoms with Gasteiger partial charge in [-0.2, -0.15) is 0 Å². The first-order valence-electron chi connectivity index (χ1n) is 8.16. The summed E-state index contributed by atoms with van der Waals surface area (Å²) >= 11 is 0. The minimum Gasteiger partial charge on any atom is -0.354 e. The number of hydrogen-bond acceptors (Lipinski definition) is 3. The number of carbonyl (C=O) groups is 2. The summed E-state index contributed by atoms with van der Waals surface area (Å²) in [6.45, 7) is 15.3. The maximum Gasteiger partial charge on any atom is 0.344 e. The molecule has 0 radical (unpaired) electrons. The molecule has 1 saturated heterocycles. The number of rotatable bonds is 4. The van der Waals surface area contributed by atoms with Gasteiger partial charge >= 0.3 is 6.03 Å². The summed E-state index contributed by atoms with van der Waals surface area (Å²) in [5.41, 5.74) is 1.10. The summed E-state index contributed by atoms with van der Waals surface area (Å²) in [6.07, 6.45) is 2.10. The number of nitrogens with one attached hydrogen (secondary N) is 1. The van der Waals surface area contributed by atoms with Crippen molar-refractivity contribution in [2.24, 2.45) is 0 Å². The summed E-state index contributed by atoms with van der Waals surface area (Å²) in [7, 11) is -2.07. The lowest BCUT2D eigenvalue weighted by atomic mass is 10.0. The second-order valence-electron chi connectivity index (χ2n) is 8.04. The molecule has 2 aliphatic rings. The van der Waals surface area contributed by atoms with Gasteiger partial charge < -0.3 is 14.7 Å². The Balaban J connectivity index is 2.17. The van der Waals surface area contributed by atoms with Gasteiger partial charge in [0.15, 0.2) is 0 Å². The van der Waals surface area contributed by atoms with Crippen molar-refractivity contribution in [1.29, 1.82) is 0 Å². The van der Waals surface area contributed by atoms with Crippen LogP contribution in [0.15, 0.2) is 11.6 Å². The minimum atomic E-state index is -2.07. The lowest BCUT2D eigenvalue weighted by Gasteiger charge is -2.39. The molecule has 23 heavy (non-hydrogen) atoms. The molecule has 6 nitrogen and oxygen atoms in total. The summed E-state index contributed by atoms with van der Waals surface area (Å²) in [5, 5.41) is 4.41. The molecule has 1 fully saturated rings. The molecule has 3 amide bonds. The molecule has 2 aliphatic heterocycles. The van der Waals surface area contributed by atoms with E-state index in [1.807, 2.05) is 11.8 Å². The average molecular weight is 340 g/mol. The van der Waals surface area contributed by atoms with E-state index in [9.17, 15) is 9.59 Å². The largest absolute Gasteiger partial charge is 0.354 e. The lowest BCUT2D eigenvalue weighted by Crippen LogP contribution is -2.50. The van der Waals surface area contributed by atoms with Gasteiger partial charge in [-0.3, -0.25) is 4.79 Å². The van der Waals surface area contributed by atoms with Gasteiger partial charge in [-0.15, -0.1) is 0 Å². The molecule has 7 heteroatoms. The van der Waals surface area contributed by atoms with Gasteiger partial charge in [0.1, 0.15) is 0 Å². The smallest absolute Gasteiger partial charge is 0.344 e. The predicted octanol–water partition coefficient (Wildman–Crippen LogP) is 2.49. The van der Waals surface area contributed by atoms with Crippen LogP contribution in [-0.4, -0.2) is 55.4 Å². The van der Waals surface area contributed by atoms with E-state index in [0.717, 1.165) is 5.57 Å². The molecule has 0 spiro atoms. The second kappa shape index (κ2) is 5.94. The van der Waals surface area contributed by atoms with Crippen molar-refractivity contribution in [3.8, 4) is 0 Å². The number of urea groups is 1. The van der Waals surface area contributed by atoms with Crippen LogP contribution in [0.3, 0.4) is 0 Å². The van der Waals surface area contributed by atoms with Crippen LogP contribution >= 0.6 is 0 Å². The Hall–Kier alpha value is -1.34. The zero-order valence-electron chi connectivity index (χ0n) is 15.3. The van der Waals surface area contributed by atoms with E-state index in [2.05, 4.69) is 45.3 Å². The van der Waals surface area contributed by atoms with Gasteiger partial charge in [0.2, 0.25) is 14.2 Å². The van der Waals surface area contributed by atoms with Crippen LogP contribution in [-0.2, 0) is 9.32 Å². The Labute approximate surface area is 139 Å². The fourth-order valence-electron chi connectivity index (χ4n) is 2.66. The molecule has 2 rings (SSSR count). The monoisotopic (exact) mass is 339 g/mol. The van der Waals surface area contributed by atoms with Crippen molar-refractivity contribution in [2.45, 2.75) is 64.8 Å². The van der Waals surface area contributed by atoms with Gasteiger partial charge in [-0.05, 0) is 25.1 Å². The molecule has 0 aromatic carbocycles. The summed E-state index contributed by atoms with van der Waals surface area (Å²) < 4.78 is 6.26. The lowest BCUT2D eigenvalue weighted by molar-refractivity contribution is -0.119. The molecule has 2 heterocycles. The highest BCUT2D eigenvalue weighted by Crippen LogP contribution is 2.39. The molecule has 0 aromatic heterocycles. The summed E-state index contributed by atoms with van der Waals surface area (Å²) in [4.78, 5) is 25.8. The highest BCUT2D eigenvalue weighted by Gasteiger charge is 2.49. The van der Waals surface area contributed by atoms with E-state index in [4.69, 9.17) is 4.53 Å². The normalized spacial score (nSPS) is 24.8. The summed E-state index contributed by atoms with van der Waals surface area (Å²) in [5.74, 6) is -0.0825. The fraction of sp³-hybridized carbons (Fsp3) is 0.750. The van der Waals surface area contributed by atoms with E-state index in [1.54, 1.807) is 5.06 Å². The maximum absolute atomic E-state index is 12.8. The van der Waals surface area contributed by atoms with Crippen LogP contribution in [0, 0.1) is 0 Å². The molecular formula is C16H29N3O3Si. The Morgan fingerprint density at radius 2 is 2.04 bits per heavy atom. The number of carbonyl (C=O) groups excluding carboxylic acids is 2.